The molecule has 6 aromatic rings. The number of imidazole rings is 1. The van der Waals surface area contributed by atoms with Crippen molar-refractivity contribution in [3.8, 4) is 22.5 Å². The number of aromatic amines is 1. The van der Waals surface area contributed by atoms with Gasteiger partial charge >= 0.3 is 0 Å². The zero-order valence-electron chi connectivity index (χ0n) is 23.5. The molecule has 0 spiro atoms. The first kappa shape index (κ1) is 27.1. The number of pyridine rings is 1. The average Bonchev–Trinajstić information content (AvgIpc) is 3.69. The molecule has 5 heterocycles. The fourth-order valence-corrected chi connectivity index (χ4v) is 5.98. The largest absolute Gasteiger partial charge is 0.370 e. The van der Waals surface area contributed by atoms with E-state index < -0.39 is 23.3 Å². The Balaban J connectivity index is 1.55. The Labute approximate surface area is 243 Å². The van der Waals surface area contributed by atoms with Crippen LogP contribution in [0, 0.1) is 23.3 Å². The number of fused-ring (bicyclic) bond motifs is 2. The van der Waals surface area contributed by atoms with E-state index in [0.717, 1.165) is 42.4 Å². The Kier molecular flexibility index (Phi) is 6.46. The summed E-state index contributed by atoms with van der Waals surface area (Å²) in [7, 11) is 1.84. The highest BCUT2D eigenvalue weighted by Gasteiger charge is 2.29. The van der Waals surface area contributed by atoms with Crippen LogP contribution < -0.4 is 10.6 Å². The number of rotatable bonds is 5. The number of anilines is 1. The molecule has 0 amide bonds. The second kappa shape index (κ2) is 10.2. The number of halogens is 4. The van der Waals surface area contributed by atoms with Crippen molar-refractivity contribution in [2.45, 2.75) is 31.8 Å². The van der Waals surface area contributed by atoms with Gasteiger partial charge in [-0.1, -0.05) is 0 Å². The fraction of sp³-hybridized carbons (Fsp3) is 0.258. The molecule has 7 rings (SSSR count). The van der Waals surface area contributed by atoms with Crippen molar-refractivity contribution in [2.24, 2.45) is 12.8 Å². The second-order valence-corrected chi connectivity index (χ2v) is 11.1. The molecular weight excluding hydrogens is 560 g/mol. The number of nitrogens with one attached hydrogen (secondary N) is 1. The number of hydrogen-bond acceptors (Lipinski definition) is 5. The Morgan fingerprint density at radius 2 is 1.70 bits per heavy atom. The lowest BCUT2D eigenvalue weighted by Gasteiger charge is -2.34. The Hall–Kier alpha value is -4.71. The van der Waals surface area contributed by atoms with Crippen LogP contribution in [0.2, 0.25) is 0 Å². The molecule has 3 N–H and O–H groups in total. The van der Waals surface area contributed by atoms with Crippen LogP contribution in [0.5, 0.6) is 0 Å². The van der Waals surface area contributed by atoms with Crippen molar-refractivity contribution in [2.75, 3.05) is 18.0 Å². The van der Waals surface area contributed by atoms with Gasteiger partial charge in [-0.05, 0) is 43.5 Å². The summed E-state index contributed by atoms with van der Waals surface area (Å²) >= 11 is 0. The van der Waals surface area contributed by atoms with E-state index in [1.54, 1.807) is 10.9 Å². The quantitative estimate of drug-likeness (QED) is 0.239. The molecule has 1 aliphatic heterocycles. The molecule has 4 aromatic heterocycles. The highest BCUT2D eigenvalue weighted by Crippen LogP contribution is 2.44. The molecule has 8 nitrogen and oxygen atoms in total. The summed E-state index contributed by atoms with van der Waals surface area (Å²) in [6.45, 7) is 3.22. The van der Waals surface area contributed by atoms with Crippen LogP contribution in [0.25, 0.3) is 44.6 Å². The van der Waals surface area contributed by atoms with Gasteiger partial charge in [-0.25, -0.2) is 27.5 Å². The van der Waals surface area contributed by atoms with Crippen molar-refractivity contribution in [3.63, 3.8) is 0 Å². The molecule has 220 valence electrons. The molecule has 12 heteroatoms. The second-order valence-electron chi connectivity index (χ2n) is 11.1. The number of aryl methyl sites for hydroxylation is 1. The average molecular weight is 589 g/mol. The maximum absolute atomic E-state index is 14.5. The maximum atomic E-state index is 14.5. The highest BCUT2D eigenvalue weighted by atomic mass is 19.2. The summed E-state index contributed by atoms with van der Waals surface area (Å²) in [5.74, 6) is -3.03. The number of H-pyrrole nitrogens is 1. The van der Waals surface area contributed by atoms with Crippen LogP contribution in [0.4, 0.5) is 23.2 Å². The number of nitrogens with zero attached hydrogens (tertiary/aromatic N) is 6. The first-order valence-corrected chi connectivity index (χ1v) is 14.0. The van der Waals surface area contributed by atoms with Crippen molar-refractivity contribution < 1.29 is 17.6 Å². The van der Waals surface area contributed by atoms with Gasteiger partial charge in [0.05, 0.1) is 33.8 Å². The molecule has 1 saturated heterocycles. The van der Waals surface area contributed by atoms with E-state index in [4.69, 9.17) is 10.7 Å². The SMILES string of the molecule is CC(c1ccn(C)n1)n1cc(-c2nc3cc(F)c(F)cc3[nH]2)c2c(N3CCC(N)CC3)c(-c3cc(F)cc(F)c3)cnc21. The first-order valence-electron chi connectivity index (χ1n) is 14.0. The zero-order valence-corrected chi connectivity index (χ0v) is 23.5. The van der Waals surface area contributed by atoms with E-state index in [0.29, 0.717) is 52.2 Å². The molecule has 1 atom stereocenters. The fourth-order valence-electron chi connectivity index (χ4n) is 5.98. The van der Waals surface area contributed by atoms with Crippen LogP contribution in [-0.4, -0.2) is 48.4 Å². The molecule has 1 aliphatic rings. The lowest BCUT2D eigenvalue weighted by molar-refractivity contribution is 0.502. The van der Waals surface area contributed by atoms with E-state index in [1.165, 1.54) is 12.1 Å². The molecule has 0 radical (unpaired) electrons. The number of nitrogens with two attached hydrogens (primary N) is 1. The van der Waals surface area contributed by atoms with Gasteiger partial charge in [-0.3, -0.25) is 4.68 Å². The lowest BCUT2D eigenvalue weighted by Crippen LogP contribution is -2.40. The van der Waals surface area contributed by atoms with Gasteiger partial charge in [0.15, 0.2) is 11.6 Å². The van der Waals surface area contributed by atoms with Gasteiger partial charge in [-0.15, -0.1) is 0 Å². The molecule has 0 saturated carbocycles. The summed E-state index contributed by atoms with van der Waals surface area (Å²) in [6, 6.07) is 7.21. The standard InChI is InChI=1S/C31H28F4N8/c1-16(25-5-6-41(2)40-25)43-15-22(30-38-26-12-23(34)24(35)13-27(26)39-30)28-29(42-7-3-20(36)4-8-42)21(14-37-31(28)43)17-9-18(32)11-19(33)10-17/h5-6,9-16,20H,3-4,7-8,36H2,1-2H3,(H,38,39). The lowest BCUT2D eigenvalue weighted by atomic mass is 9.98. The molecular formula is C31H28F4N8. The first-order chi connectivity index (χ1) is 20.7. The smallest absolute Gasteiger partial charge is 0.161 e. The molecule has 43 heavy (non-hydrogen) atoms. The van der Waals surface area contributed by atoms with Gasteiger partial charge in [0, 0.05) is 74.1 Å². The minimum absolute atomic E-state index is 0.0389. The van der Waals surface area contributed by atoms with Gasteiger partial charge < -0.3 is 20.2 Å². The molecule has 0 aliphatic carbocycles. The third-order valence-electron chi connectivity index (χ3n) is 8.20. The molecule has 0 bridgehead atoms. The van der Waals surface area contributed by atoms with Gasteiger partial charge in [0.2, 0.25) is 0 Å². The Bertz CT molecular complexity index is 1940. The summed E-state index contributed by atoms with van der Waals surface area (Å²) < 4.78 is 60.9. The van der Waals surface area contributed by atoms with Crippen LogP contribution in [0.3, 0.4) is 0 Å². The number of piperidine rings is 1. The third kappa shape index (κ3) is 4.71. The van der Waals surface area contributed by atoms with Crippen LogP contribution in [0.15, 0.2) is 55.0 Å². The Morgan fingerprint density at radius 3 is 2.40 bits per heavy atom. The molecule has 1 unspecified atom stereocenters. The van der Waals surface area contributed by atoms with Crippen molar-refractivity contribution >= 4 is 27.8 Å². The maximum Gasteiger partial charge on any atom is 0.161 e. The molecule has 2 aromatic carbocycles. The number of benzene rings is 2. The van der Waals surface area contributed by atoms with Crippen LogP contribution in [0.1, 0.15) is 31.5 Å². The minimum atomic E-state index is -1.00. The van der Waals surface area contributed by atoms with Crippen molar-refractivity contribution in [1.29, 1.82) is 0 Å². The summed E-state index contributed by atoms with van der Waals surface area (Å²) in [6.07, 6.45) is 6.83. The van der Waals surface area contributed by atoms with E-state index in [2.05, 4.69) is 20.0 Å². The summed E-state index contributed by atoms with van der Waals surface area (Å²) in [4.78, 5) is 14.8. The van der Waals surface area contributed by atoms with Gasteiger partial charge in [-0.2, -0.15) is 5.10 Å². The highest BCUT2D eigenvalue weighted by molar-refractivity contribution is 6.07. The van der Waals surface area contributed by atoms with E-state index in [-0.39, 0.29) is 17.6 Å². The summed E-state index contributed by atoms with van der Waals surface area (Å²) in [5.41, 5.74) is 10.4. The zero-order chi connectivity index (χ0) is 30.0. The number of hydrogen-bond donors (Lipinski definition) is 2. The monoisotopic (exact) mass is 588 g/mol. The summed E-state index contributed by atoms with van der Waals surface area (Å²) in [5, 5.41) is 5.27. The topological polar surface area (TPSA) is 93.6 Å². The Morgan fingerprint density at radius 1 is 0.977 bits per heavy atom. The van der Waals surface area contributed by atoms with E-state index >= 15 is 0 Å². The molecule has 1 fully saturated rings. The van der Waals surface area contributed by atoms with Gasteiger partial charge in [0.25, 0.3) is 0 Å². The van der Waals surface area contributed by atoms with Crippen LogP contribution in [-0.2, 0) is 7.05 Å². The van der Waals surface area contributed by atoms with Crippen molar-refractivity contribution in [3.05, 3.63) is 84.0 Å². The predicted molar refractivity (Wildman–Crippen MR) is 157 cm³/mol. The van der Waals surface area contributed by atoms with Crippen molar-refractivity contribution in [1.82, 2.24) is 29.3 Å². The number of aromatic nitrogens is 6. The van der Waals surface area contributed by atoms with E-state index in [9.17, 15) is 17.6 Å². The van der Waals surface area contributed by atoms with Gasteiger partial charge in [0.1, 0.15) is 23.1 Å². The minimum Gasteiger partial charge on any atom is -0.370 e. The van der Waals surface area contributed by atoms with E-state index in [1.807, 2.05) is 37.0 Å². The van der Waals surface area contributed by atoms with Crippen LogP contribution >= 0.6 is 0 Å². The predicted octanol–water partition coefficient (Wildman–Crippen LogP) is 6.07. The third-order valence-corrected chi connectivity index (χ3v) is 8.20. The normalized spacial score (nSPS) is 15.2.